The number of benzene rings is 2. The molecule has 2 aromatic carbocycles. The highest BCUT2D eigenvalue weighted by Crippen LogP contribution is 2.32. The fraction of sp³-hybridized carbons (Fsp3) is 0.176. The molecule has 8 heteroatoms. The van der Waals surface area contributed by atoms with Gasteiger partial charge in [0.1, 0.15) is 5.52 Å². The van der Waals surface area contributed by atoms with Gasteiger partial charge in [-0.1, -0.05) is 29.8 Å². The molecule has 1 heterocycles. The van der Waals surface area contributed by atoms with Gasteiger partial charge < -0.3 is 5.32 Å². The summed E-state index contributed by atoms with van der Waals surface area (Å²) >= 11 is 7.45. The van der Waals surface area contributed by atoms with Crippen molar-refractivity contribution in [3.05, 3.63) is 53.0 Å². The monoisotopic (exact) mass is 394 g/mol. The summed E-state index contributed by atoms with van der Waals surface area (Å²) in [6.45, 7) is 0. The summed E-state index contributed by atoms with van der Waals surface area (Å²) in [5, 5.41) is 3.33. The van der Waals surface area contributed by atoms with Crippen molar-refractivity contribution in [2.24, 2.45) is 0 Å². The van der Waals surface area contributed by atoms with Crippen molar-refractivity contribution in [3.8, 4) is 0 Å². The zero-order chi connectivity index (χ0) is 17.9. The van der Waals surface area contributed by atoms with Gasteiger partial charge in [0.2, 0.25) is 5.91 Å². The highest BCUT2D eigenvalue weighted by molar-refractivity contribution is 7.91. The SMILES string of the molecule is O=C(CCCS(=O)(=O)c1ccccc1)Nc1ccc(Cl)c2ncsc12. The number of thiazole rings is 1. The van der Waals surface area contributed by atoms with Crippen LogP contribution in [0.25, 0.3) is 10.2 Å². The predicted octanol–water partition coefficient (Wildman–Crippen LogP) is 4.14. The van der Waals surface area contributed by atoms with Gasteiger partial charge in [-0.2, -0.15) is 0 Å². The Hall–Kier alpha value is -1.96. The van der Waals surface area contributed by atoms with E-state index >= 15 is 0 Å². The molecule has 0 aliphatic carbocycles. The van der Waals surface area contributed by atoms with Gasteiger partial charge in [0, 0.05) is 6.42 Å². The Kier molecular flexibility index (Phi) is 5.36. The lowest BCUT2D eigenvalue weighted by atomic mass is 10.2. The summed E-state index contributed by atoms with van der Waals surface area (Å²) in [6.07, 6.45) is 0.372. The van der Waals surface area contributed by atoms with Crippen molar-refractivity contribution in [1.82, 2.24) is 4.98 Å². The normalized spacial score (nSPS) is 11.6. The lowest BCUT2D eigenvalue weighted by Gasteiger charge is -2.07. The van der Waals surface area contributed by atoms with Crippen molar-refractivity contribution in [1.29, 1.82) is 0 Å². The maximum Gasteiger partial charge on any atom is 0.224 e. The van der Waals surface area contributed by atoms with Crippen LogP contribution in [0.15, 0.2) is 52.9 Å². The van der Waals surface area contributed by atoms with Crippen LogP contribution in [-0.2, 0) is 14.6 Å². The maximum atomic E-state index is 12.2. The van der Waals surface area contributed by atoms with Crippen molar-refractivity contribution in [3.63, 3.8) is 0 Å². The number of nitrogens with one attached hydrogen (secondary N) is 1. The Bertz CT molecular complexity index is 1000. The number of fused-ring (bicyclic) bond motifs is 1. The standard InChI is InChI=1S/C17H15ClN2O3S2/c18-13-8-9-14(17-16(13)19-11-24-17)20-15(21)7-4-10-25(22,23)12-5-2-1-3-6-12/h1-3,5-6,8-9,11H,4,7,10H2,(H,20,21). The van der Waals surface area contributed by atoms with E-state index in [0.29, 0.717) is 16.2 Å². The van der Waals surface area contributed by atoms with Crippen LogP contribution >= 0.6 is 22.9 Å². The fourth-order valence-electron chi connectivity index (χ4n) is 2.40. The zero-order valence-corrected chi connectivity index (χ0v) is 15.5. The number of anilines is 1. The number of aromatic nitrogens is 1. The molecule has 1 aromatic heterocycles. The highest BCUT2D eigenvalue weighted by Gasteiger charge is 2.15. The van der Waals surface area contributed by atoms with Crippen LogP contribution in [0.5, 0.6) is 0 Å². The Balaban J connectivity index is 1.60. The fourth-order valence-corrected chi connectivity index (χ4v) is 4.78. The number of amides is 1. The zero-order valence-electron chi connectivity index (χ0n) is 13.1. The molecule has 3 aromatic rings. The quantitative estimate of drug-likeness (QED) is 0.681. The van der Waals surface area contributed by atoms with E-state index in [0.717, 1.165) is 4.70 Å². The highest BCUT2D eigenvalue weighted by atomic mass is 35.5. The first-order chi connectivity index (χ1) is 12.0. The van der Waals surface area contributed by atoms with Crippen LogP contribution in [0.2, 0.25) is 5.02 Å². The third-order valence-corrected chi connectivity index (χ3v) is 6.61. The van der Waals surface area contributed by atoms with E-state index in [1.165, 1.54) is 11.3 Å². The molecule has 0 saturated heterocycles. The molecule has 25 heavy (non-hydrogen) atoms. The Morgan fingerprint density at radius 1 is 1.16 bits per heavy atom. The summed E-state index contributed by atoms with van der Waals surface area (Å²) in [4.78, 5) is 16.6. The second-order valence-corrected chi connectivity index (χ2v) is 8.78. The van der Waals surface area contributed by atoms with Crippen molar-refractivity contribution in [2.45, 2.75) is 17.7 Å². The van der Waals surface area contributed by atoms with Crippen LogP contribution in [0.4, 0.5) is 5.69 Å². The number of hydrogen-bond acceptors (Lipinski definition) is 5. The predicted molar refractivity (Wildman–Crippen MR) is 101 cm³/mol. The lowest BCUT2D eigenvalue weighted by Crippen LogP contribution is -2.14. The Morgan fingerprint density at radius 3 is 2.68 bits per heavy atom. The number of nitrogens with zero attached hydrogens (tertiary/aromatic N) is 1. The molecule has 130 valence electrons. The molecular weight excluding hydrogens is 380 g/mol. The minimum atomic E-state index is -3.37. The number of carbonyl (C=O) groups is 1. The molecular formula is C17H15ClN2O3S2. The molecule has 3 rings (SSSR count). The van der Waals surface area contributed by atoms with E-state index in [1.807, 2.05) is 0 Å². The summed E-state index contributed by atoms with van der Waals surface area (Å²) in [5.41, 5.74) is 2.95. The molecule has 0 fully saturated rings. The van der Waals surface area contributed by atoms with Crippen LogP contribution in [0.1, 0.15) is 12.8 Å². The second kappa shape index (κ2) is 7.51. The summed E-state index contributed by atoms with van der Waals surface area (Å²) < 4.78 is 25.2. The average Bonchev–Trinajstić information content (AvgIpc) is 3.09. The molecule has 0 unspecified atom stereocenters. The van der Waals surface area contributed by atoms with Crippen molar-refractivity contribution < 1.29 is 13.2 Å². The van der Waals surface area contributed by atoms with E-state index in [-0.39, 0.29) is 29.4 Å². The van der Waals surface area contributed by atoms with E-state index in [2.05, 4.69) is 10.3 Å². The van der Waals surface area contributed by atoms with E-state index in [4.69, 9.17) is 11.6 Å². The molecule has 5 nitrogen and oxygen atoms in total. The molecule has 0 atom stereocenters. The van der Waals surface area contributed by atoms with E-state index in [1.54, 1.807) is 48.0 Å². The second-order valence-electron chi connectivity index (χ2n) is 5.41. The van der Waals surface area contributed by atoms with Crippen LogP contribution in [-0.4, -0.2) is 25.1 Å². The first-order valence-corrected chi connectivity index (χ1v) is 10.5. The number of hydrogen-bond donors (Lipinski definition) is 1. The van der Waals surface area contributed by atoms with Gasteiger partial charge in [0.15, 0.2) is 9.84 Å². The molecule has 0 aliphatic rings. The number of sulfone groups is 1. The van der Waals surface area contributed by atoms with Gasteiger partial charge in [-0.05, 0) is 30.7 Å². The van der Waals surface area contributed by atoms with Gasteiger partial charge in [0.05, 0.1) is 31.6 Å². The first kappa shape index (κ1) is 17.8. The van der Waals surface area contributed by atoms with Crippen molar-refractivity contribution in [2.75, 3.05) is 11.1 Å². The van der Waals surface area contributed by atoms with Crippen LogP contribution in [0.3, 0.4) is 0 Å². The molecule has 1 amide bonds. The first-order valence-electron chi connectivity index (χ1n) is 7.57. The summed E-state index contributed by atoms with van der Waals surface area (Å²) in [5.74, 6) is -0.304. The Labute approximate surface area is 154 Å². The van der Waals surface area contributed by atoms with Gasteiger partial charge in [-0.25, -0.2) is 13.4 Å². The number of carbonyl (C=O) groups excluding carboxylic acids is 1. The topological polar surface area (TPSA) is 76.1 Å². The minimum Gasteiger partial charge on any atom is -0.325 e. The van der Waals surface area contributed by atoms with Gasteiger partial charge >= 0.3 is 0 Å². The number of rotatable bonds is 6. The van der Waals surface area contributed by atoms with E-state index < -0.39 is 9.84 Å². The van der Waals surface area contributed by atoms with Gasteiger partial charge in [-0.3, -0.25) is 4.79 Å². The molecule has 0 bridgehead atoms. The molecule has 1 N–H and O–H groups in total. The van der Waals surface area contributed by atoms with Crippen molar-refractivity contribution >= 4 is 54.6 Å². The van der Waals surface area contributed by atoms with E-state index in [9.17, 15) is 13.2 Å². The average molecular weight is 395 g/mol. The van der Waals surface area contributed by atoms with Gasteiger partial charge in [-0.15, -0.1) is 11.3 Å². The largest absolute Gasteiger partial charge is 0.325 e. The van der Waals surface area contributed by atoms with Crippen LogP contribution in [0, 0.1) is 0 Å². The molecule has 0 spiro atoms. The van der Waals surface area contributed by atoms with Crippen LogP contribution < -0.4 is 5.32 Å². The molecule has 0 saturated carbocycles. The van der Waals surface area contributed by atoms with Gasteiger partial charge in [0.25, 0.3) is 0 Å². The third kappa shape index (κ3) is 4.18. The molecule has 0 aliphatic heterocycles. The Morgan fingerprint density at radius 2 is 1.92 bits per heavy atom. The maximum absolute atomic E-state index is 12.2. The third-order valence-electron chi connectivity index (χ3n) is 3.63. The number of halogens is 1. The lowest BCUT2D eigenvalue weighted by molar-refractivity contribution is -0.116. The summed E-state index contributed by atoms with van der Waals surface area (Å²) in [7, 11) is -3.37. The molecule has 0 radical (unpaired) electrons. The minimum absolute atomic E-state index is 0.0684. The smallest absolute Gasteiger partial charge is 0.224 e. The summed E-state index contributed by atoms with van der Waals surface area (Å²) in [6, 6.07) is 11.6.